The number of hydrogen-bond donors (Lipinski definition) is 1. The lowest BCUT2D eigenvalue weighted by molar-refractivity contribution is 0.142. The third kappa shape index (κ3) is 1.95. The smallest absolute Gasteiger partial charge is 0.407 e. The van der Waals surface area contributed by atoms with Crippen LogP contribution in [0.25, 0.3) is 16.6 Å². The molecule has 22 heavy (non-hydrogen) atoms. The first-order valence-corrected chi connectivity index (χ1v) is 7.33. The van der Waals surface area contributed by atoms with Gasteiger partial charge in [-0.05, 0) is 24.3 Å². The molecule has 0 aliphatic carbocycles. The fraction of sp³-hybridized carbons (Fsp3) is 0.250. The van der Waals surface area contributed by atoms with Crippen LogP contribution in [0.15, 0.2) is 42.6 Å². The number of anilines is 1. The molecule has 0 radical (unpaired) electrons. The van der Waals surface area contributed by atoms with E-state index in [2.05, 4.69) is 21.4 Å². The maximum atomic E-state index is 11.0. The molecule has 0 saturated carbocycles. The largest absolute Gasteiger partial charge is 0.465 e. The average molecular weight is 296 g/mol. The van der Waals surface area contributed by atoms with Gasteiger partial charge in [-0.1, -0.05) is 12.1 Å². The number of piperazine rings is 1. The summed E-state index contributed by atoms with van der Waals surface area (Å²) in [5.41, 5.74) is 3.08. The molecule has 2 aromatic heterocycles. The summed E-state index contributed by atoms with van der Waals surface area (Å²) in [4.78, 5) is 19.5. The first kappa shape index (κ1) is 12.9. The Morgan fingerprint density at radius 3 is 2.50 bits per heavy atom. The fourth-order valence-corrected chi connectivity index (χ4v) is 3.05. The second kappa shape index (κ2) is 4.91. The van der Waals surface area contributed by atoms with Gasteiger partial charge in [-0.2, -0.15) is 0 Å². The Morgan fingerprint density at radius 1 is 1.00 bits per heavy atom. The Morgan fingerprint density at radius 2 is 1.73 bits per heavy atom. The summed E-state index contributed by atoms with van der Waals surface area (Å²) < 4.78 is 2.14. The quantitative estimate of drug-likeness (QED) is 0.748. The zero-order chi connectivity index (χ0) is 15.1. The number of fused-ring (bicyclic) bond motifs is 3. The number of nitrogens with zero attached hydrogens (tertiary/aromatic N) is 4. The highest BCUT2D eigenvalue weighted by Gasteiger charge is 2.23. The predicted octanol–water partition coefficient (Wildman–Crippen LogP) is 2.29. The molecule has 1 saturated heterocycles. The number of rotatable bonds is 1. The van der Waals surface area contributed by atoms with E-state index >= 15 is 0 Å². The van der Waals surface area contributed by atoms with Crippen LogP contribution < -0.4 is 4.90 Å². The Labute approximate surface area is 127 Å². The van der Waals surface area contributed by atoms with Gasteiger partial charge in [-0.15, -0.1) is 0 Å². The minimum Gasteiger partial charge on any atom is -0.465 e. The molecule has 3 aromatic rings. The molecule has 4 rings (SSSR count). The van der Waals surface area contributed by atoms with Crippen LogP contribution in [0.4, 0.5) is 10.6 Å². The van der Waals surface area contributed by atoms with E-state index in [-0.39, 0.29) is 0 Å². The molecule has 0 spiro atoms. The fourth-order valence-electron chi connectivity index (χ4n) is 3.05. The Hall–Kier alpha value is -2.76. The van der Waals surface area contributed by atoms with Crippen LogP contribution in [0, 0.1) is 0 Å². The van der Waals surface area contributed by atoms with Gasteiger partial charge < -0.3 is 19.3 Å². The summed E-state index contributed by atoms with van der Waals surface area (Å²) in [5.74, 6) is 0.925. The zero-order valence-electron chi connectivity index (χ0n) is 12.0. The highest BCUT2D eigenvalue weighted by atomic mass is 16.4. The monoisotopic (exact) mass is 296 g/mol. The molecular weight excluding hydrogens is 280 g/mol. The lowest BCUT2D eigenvalue weighted by Gasteiger charge is -2.34. The molecular formula is C16H16N4O2. The van der Waals surface area contributed by atoms with Crippen LogP contribution in [-0.4, -0.2) is 51.7 Å². The second-order valence-corrected chi connectivity index (χ2v) is 5.44. The van der Waals surface area contributed by atoms with Gasteiger partial charge in [-0.25, -0.2) is 9.78 Å². The van der Waals surface area contributed by atoms with Crippen molar-refractivity contribution in [3.8, 4) is 0 Å². The molecule has 112 valence electrons. The van der Waals surface area contributed by atoms with Gasteiger partial charge in [0.2, 0.25) is 0 Å². The maximum absolute atomic E-state index is 11.0. The van der Waals surface area contributed by atoms with Gasteiger partial charge in [0.05, 0.1) is 16.6 Å². The van der Waals surface area contributed by atoms with Crippen LogP contribution in [0.1, 0.15) is 0 Å². The maximum Gasteiger partial charge on any atom is 0.407 e. The Balaban J connectivity index is 1.78. The molecule has 1 amide bonds. The zero-order valence-corrected chi connectivity index (χ0v) is 12.0. The molecule has 6 heteroatoms. The van der Waals surface area contributed by atoms with Crippen molar-refractivity contribution in [3.63, 3.8) is 0 Å². The average Bonchev–Trinajstić information content (AvgIpc) is 3.04. The third-order valence-corrected chi connectivity index (χ3v) is 4.20. The standard InChI is InChI=1S/C16H16N4O2/c21-16(22)19-10-8-18(9-11-19)15-14-6-3-7-20(14)13-5-2-1-4-12(13)17-15/h1-7H,8-11H2,(H,21,22). The van der Waals surface area contributed by atoms with Crippen molar-refractivity contribution in [2.75, 3.05) is 31.1 Å². The number of carboxylic acid groups (broad SMARTS) is 1. The highest BCUT2D eigenvalue weighted by molar-refractivity contribution is 5.85. The molecule has 3 heterocycles. The molecule has 0 unspecified atom stereocenters. The SMILES string of the molecule is O=C(O)N1CCN(c2nc3ccccc3n3cccc23)CC1. The molecule has 0 atom stereocenters. The van der Waals surface area contributed by atoms with Gasteiger partial charge in [0.25, 0.3) is 0 Å². The lowest BCUT2D eigenvalue weighted by atomic mass is 10.2. The summed E-state index contributed by atoms with van der Waals surface area (Å²) in [6, 6.07) is 12.1. The first-order chi connectivity index (χ1) is 10.7. The highest BCUT2D eigenvalue weighted by Crippen LogP contribution is 2.26. The lowest BCUT2D eigenvalue weighted by Crippen LogP contribution is -2.48. The van der Waals surface area contributed by atoms with Crippen molar-refractivity contribution in [3.05, 3.63) is 42.6 Å². The van der Waals surface area contributed by atoms with Crippen LogP contribution in [0.3, 0.4) is 0 Å². The molecule has 1 N–H and O–H groups in total. The van der Waals surface area contributed by atoms with E-state index in [1.54, 1.807) is 0 Å². The van der Waals surface area contributed by atoms with E-state index in [0.717, 1.165) is 22.4 Å². The van der Waals surface area contributed by atoms with Gasteiger partial charge in [0, 0.05) is 32.4 Å². The number of amides is 1. The summed E-state index contributed by atoms with van der Waals surface area (Å²) in [6.45, 7) is 2.35. The molecule has 0 bridgehead atoms. The Bertz CT molecular complexity index is 850. The third-order valence-electron chi connectivity index (χ3n) is 4.20. The van der Waals surface area contributed by atoms with Crippen LogP contribution in [0.2, 0.25) is 0 Å². The first-order valence-electron chi connectivity index (χ1n) is 7.33. The van der Waals surface area contributed by atoms with E-state index in [1.807, 2.05) is 30.5 Å². The van der Waals surface area contributed by atoms with E-state index in [1.165, 1.54) is 4.90 Å². The van der Waals surface area contributed by atoms with E-state index in [0.29, 0.717) is 26.2 Å². The van der Waals surface area contributed by atoms with E-state index in [9.17, 15) is 4.79 Å². The van der Waals surface area contributed by atoms with E-state index < -0.39 is 6.09 Å². The van der Waals surface area contributed by atoms with Gasteiger partial charge in [-0.3, -0.25) is 0 Å². The Kier molecular flexibility index (Phi) is 2.89. The number of aromatic nitrogens is 2. The summed E-state index contributed by atoms with van der Waals surface area (Å²) >= 11 is 0. The number of para-hydroxylation sites is 2. The topological polar surface area (TPSA) is 61.1 Å². The minimum atomic E-state index is -0.848. The second-order valence-electron chi connectivity index (χ2n) is 5.44. The predicted molar refractivity (Wildman–Crippen MR) is 84.5 cm³/mol. The molecule has 1 fully saturated rings. The van der Waals surface area contributed by atoms with Crippen molar-refractivity contribution in [1.82, 2.24) is 14.3 Å². The van der Waals surface area contributed by atoms with Crippen molar-refractivity contribution in [2.24, 2.45) is 0 Å². The van der Waals surface area contributed by atoms with Crippen LogP contribution >= 0.6 is 0 Å². The summed E-state index contributed by atoms with van der Waals surface area (Å²) in [5, 5.41) is 9.06. The summed E-state index contributed by atoms with van der Waals surface area (Å²) in [7, 11) is 0. The van der Waals surface area contributed by atoms with Gasteiger partial charge in [0.15, 0.2) is 5.82 Å². The van der Waals surface area contributed by atoms with Crippen molar-refractivity contribution in [2.45, 2.75) is 0 Å². The van der Waals surface area contributed by atoms with Gasteiger partial charge in [0.1, 0.15) is 0 Å². The van der Waals surface area contributed by atoms with Crippen LogP contribution in [0.5, 0.6) is 0 Å². The number of benzene rings is 1. The van der Waals surface area contributed by atoms with Crippen molar-refractivity contribution < 1.29 is 9.90 Å². The van der Waals surface area contributed by atoms with E-state index in [4.69, 9.17) is 10.1 Å². The van der Waals surface area contributed by atoms with Gasteiger partial charge >= 0.3 is 6.09 Å². The van der Waals surface area contributed by atoms with Crippen LogP contribution in [-0.2, 0) is 0 Å². The molecule has 1 aromatic carbocycles. The molecule has 1 aliphatic rings. The minimum absolute atomic E-state index is 0.511. The van der Waals surface area contributed by atoms with Crippen molar-refractivity contribution in [1.29, 1.82) is 0 Å². The normalized spacial score (nSPS) is 15.6. The number of hydrogen-bond acceptors (Lipinski definition) is 3. The summed E-state index contributed by atoms with van der Waals surface area (Å²) in [6.07, 6.45) is 1.19. The molecule has 1 aliphatic heterocycles. The van der Waals surface area contributed by atoms with Crippen molar-refractivity contribution >= 4 is 28.5 Å². The number of carbonyl (C=O) groups is 1. The molecule has 6 nitrogen and oxygen atoms in total.